The Balaban J connectivity index is 1.51. The highest BCUT2D eigenvalue weighted by Gasteiger charge is 2.25. The van der Waals surface area contributed by atoms with E-state index in [0.717, 1.165) is 18.4 Å². The summed E-state index contributed by atoms with van der Waals surface area (Å²) in [6, 6.07) is 9.94. The van der Waals surface area contributed by atoms with E-state index >= 15 is 4.39 Å². The van der Waals surface area contributed by atoms with Crippen molar-refractivity contribution in [2.75, 3.05) is 13.2 Å². The van der Waals surface area contributed by atoms with E-state index in [1.165, 1.54) is 36.4 Å². The molecule has 1 unspecified atom stereocenters. The lowest BCUT2D eigenvalue weighted by atomic mass is 9.82. The average Bonchev–Trinajstić information content (AvgIpc) is 2.90. The van der Waals surface area contributed by atoms with E-state index in [9.17, 15) is 17.6 Å². The fourth-order valence-electron chi connectivity index (χ4n) is 4.63. The molecule has 0 saturated heterocycles. The Bertz CT molecular complexity index is 1300. The summed E-state index contributed by atoms with van der Waals surface area (Å²) in [4.78, 5) is 0. The maximum atomic E-state index is 15.1. The van der Waals surface area contributed by atoms with Crippen LogP contribution in [-0.4, -0.2) is 13.2 Å². The summed E-state index contributed by atoms with van der Waals surface area (Å²) < 4.78 is 83.6. The lowest BCUT2D eigenvalue weighted by Crippen LogP contribution is -2.09. The van der Waals surface area contributed by atoms with Crippen LogP contribution < -0.4 is 9.47 Å². The summed E-state index contributed by atoms with van der Waals surface area (Å²) in [5.41, 5.74) is 1.50. The molecule has 1 atom stereocenters. The summed E-state index contributed by atoms with van der Waals surface area (Å²) in [5.74, 6) is -5.21. The highest BCUT2D eigenvalue weighted by atomic mass is 19.2. The zero-order chi connectivity index (χ0) is 26.5. The van der Waals surface area contributed by atoms with Crippen molar-refractivity contribution in [3.05, 3.63) is 88.8 Å². The van der Waals surface area contributed by atoms with Gasteiger partial charge in [0, 0.05) is 11.1 Å². The second kappa shape index (κ2) is 11.8. The van der Waals surface area contributed by atoms with E-state index in [4.69, 9.17) is 9.47 Å². The molecule has 0 spiro atoms. The van der Waals surface area contributed by atoms with Crippen LogP contribution in [0.15, 0.2) is 48.5 Å². The highest BCUT2D eigenvalue weighted by molar-refractivity contribution is 5.72. The fourth-order valence-corrected chi connectivity index (χ4v) is 4.63. The molecule has 3 aromatic carbocycles. The van der Waals surface area contributed by atoms with Crippen LogP contribution in [0.5, 0.6) is 11.5 Å². The van der Waals surface area contributed by atoms with Crippen molar-refractivity contribution < 1.29 is 31.4 Å². The van der Waals surface area contributed by atoms with Crippen molar-refractivity contribution in [2.24, 2.45) is 0 Å². The number of allylic oxidation sites excluding steroid dienone is 2. The number of ether oxygens (including phenoxy) is 2. The van der Waals surface area contributed by atoms with Crippen molar-refractivity contribution in [2.45, 2.75) is 51.9 Å². The van der Waals surface area contributed by atoms with E-state index < -0.39 is 29.1 Å². The molecule has 3 aromatic rings. The summed E-state index contributed by atoms with van der Waals surface area (Å²) in [6.07, 6.45) is 4.86. The minimum Gasteiger partial charge on any atom is -0.491 e. The maximum absolute atomic E-state index is 15.1. The molecule has 4 rings (SSSR count). The second-order valence-corrected chi connectivity index (χ2v) is 9.05. The summed E-state index contributed by atoms with van der Waals surface area (Å²) in [7, 11) is 0. The van der Waals surface area contributed by atoms with E-state index in [1.54, 1.807) is 13.0 Å². The zero-order valence-electron chi connectivity index (χ0n) is 20.9. The largest absolute Gasteiger partial charge is 0.491 e. The molecule has 0 aromatic heterocycles. The van der Waals surface area contributed by atoms with Gasteiger partial charge in [0.15, 0.2) is 23.1 Å². The predicted octanol–water partition coefficient (Wildman–Crippen LogP) is 8.98. The molecule has 196 valence electrons. The fraction of sp³-hybridized carbons (Fsp3) is 0.333. The summed E-state index contributed by atoms with van der Waals surface area (Å²) in [5, 5.41) is 0. The molecular weight excluding hydrogens is 487 g/mol. The number of unbranched alkanes of at least 4 members (excludes halogenated alkanes) is 1. The van der Waals surface area contributed by atoms with Gasteiger partial charge in [0.2, 0.25) is 11.6 Å². The summed E-state index contributed by atoms with van der Waals surface area (Å²) in [6.45, 7) is 4.16. The minimum absolute atomic E-state index is 0.0660. The second-order valence-electron chi connectivity index (χ2n) is 9.05. The smallest absolute Gasteiger partial charge is 0.201 e. The predicted molar refractivity (Wildman–Crippen MR) is 134 cm³/mol. The first-order chi connectivity index (χ1) is 17.8. The number of benzene rings is 3. The van der Waals surface area contributed by atoms with Gasteiger partial charge in [-0.25, -0.2) is 13.2 Å². The lowest BCUT2D eigenvalue weighted by molar-refractivity contribution is 0.287. The minimum atomic E-state index is -1.12. The van der Waals surface area contributed by atoms with Crippen LogP contribution in [0.3, 0.4) is 0 Å². The van der Waals surface area contributed by atoms with Gasteiger partial charge in [-0.15, -0.1) is 0 Å². The third-order valence-corrected chi connectivity index (χ3v) is 6.66. The van der Waals surface area contributed by atoms with Gasteiger partial charge in [0.25, 0.3) is 0 Å². The molecule has 2 nitrogen and oxygen atoms in total. The van der Waals surface area contributed by atoms with Crippen LogP contribution >= 0.6 is 0 Å². The van der Waals surface area contributed by atoms with Crippen molar-refractivity contribution in [3.63, 3.8) is 0 Å². The van der Waals surface area contributed by atoms with Crippen molar-refractivity contribution in [1.82, 2.24) is 0 Å². The number of hydrogen-bond acceptors (Lipinski definition) is 2. The Kier molecular flexibility index (Phi) is 8.52. The van der Waals surface area contributed by atoms with Crippen molar-refractivity contribution in [1.29, 1.82) is 0 Å². The van der Waals surface area contributed by atoms with Crippen molar-refractivity contribution >= 4 is 5.57 Å². The van der Waals surface area contributed by atoms with Crippen LogP contribution in [0, 0.1) is 29.1 Å². The molecule has 0 radical (unpaired) electrons. The van der Waals surface area contributed by atoms with Crippen LogP contribution in [0.1, 0.15) is 63.0 Å². The molecule has 7 heteroatoms. The Labute approximate surface area is 213 Å². The van der Waals surface area contributed by atoms with E-state index in [0.29, 0.717) is 31.4 Å². The molecule has 0 N–H and O–H groups in total. The normalized spacial score (nSPS) is 15.4. The zero-order valence-corrected chi connectivity index (χ0v) is 20.9. The van der Waals surface area contributed by atoms with Crippen LogP contribution in [0.2, 0.25) is 0 Å². The molecule has 37 heavy (non-hydrogen) atoms. The van der Waals surface area contributed by atoms with Crippen molar-refractivity contribution in [3.8, 4) is 22.6 Å². The third-order valence-electron chi connectivity index (χ3n) is 6.66. The van der Waals surface area contributed by atoms with Gasteiger partial charge >= 0.3 is 0 Å². The molecule has 0 aliphatic heterocycles. The number of rotatable bonds is 9. The monoisotopic (exact) mass is 516 g/mol. The first kappa shape index (κ1) is 26.7. The van der Waals surface area contributed by atoms with Crippen LogP contribution in [0.4, 0.5) is 22.0 Å². The molecule has 0 saturated carbocycles. The third kappa shape index (κ3) is 5.65. The Morgan fingerprint density at radius 2 is 1.49 bits per heavy atom. The molecule has 1 aliphatic rings. The van der Waals surface area contributed by atoms with Crippen LogP contribution in [0.25, 0.3) is 16.7 Å². The quantitative estimate of drug-likeness (QED) is 0.209. The molecule has 1 aliphatic carbocycles. The Hall–Kier alpha value is -3.35. The topological polar surface area (TPSA) is 18.5 Å². The molecule has 0 heterocycles. The lowest BCUT2D eigenvalue weighted by Gasteiger charge is -2.24. The Morgan fingerprint density at radius 1 is 0.784 bits per heavy atom. The van der Waals surface area contributed by atoms with Gasteiger partial charge in [0.05, 0.1) is 13.2 Å². The average molecular weight is 517 g/mol. The molecular formula is C30H29F5O2. The molecule has 0 amide bonds. The van der Waals surface area contributed by atoms with Crippen LogP contribution in [-0.2, 0) is 0 Å². The van der Waals surface area contributed by atoms with E-state index in [-0.39, 0.29) is 40.7 Å². The number of halogens is 5. The van der Waals surface area contributed by atoms with Gasteiger partial charge < -0.3 is 9.47 Å². The van der Waals surface area contributed by atoms with Gasteiger partial charge in [-0.3, -0.25) is 0 Å². The van der Waals surface area contributed by atoms with Gasteiger partial charge in [0.1, 0.15) is 5.82 Å². The SMILES string of the molecule is CCCCOc1ccc(C2CC=C(c3ccc(-c4ccc(OCC)c(F)c4F)cc3F)CC2)c(F)c1F. The Morgan fingerprint density at radius 3 is 2.16 bits per heavy atom. The molecule has 0 bridgehead atoms. The van der Waals surface area contributed by atoms with E-state index in [1.807, 2.05) is 13.0 Å². The first-order valence-corrected chi connectivity index (χ1v) is 12.6. The first-order valence-electron chi connectivity index (χ1n) is 12.6. The highest BCUT2D eigenvalue weighted by Crippen LogP contribution is 2.40. The van der Waals surface area contributed by atoms with Gasteiger partial charge in [-0.05, 0) is 79.5 Å². The van der Waals surface area contributed by atoms with Gasteiger partial charge in [-0.2, -0.15) is 8.78 Å². The standard InChI is InChI=1S/C30H29F5O2/c1-3-5-16-37-26-15-12-22(27(32)30(26)35)19-8-6-18(7-9-19)21-11-10-20(17-24(21)31)23-13-14-25(36-4-2)29(34)28(23)33/h6,10-15,17,19H,3-5,7-9,16H2,1-2H3. The van der Waals surface area contributed by atoms with E-state index in [2.05, 4.69) is 0 Å². The number of hydrogen-bond donors (Lipinski definition) is 0. The summed E-state index contributed by atoms with van der Waals surface area (Å²) >= 11 is 0. The maximum Gasteiger partial charge on any atom is 0.201 e. The van der Waals surface area contributed by atoms with Gasteiger partial charge in [-0.1, -0.05) is 37.6 Å². The molecule has 0 fully saturated rings.